The summed E-state index contributed by atoms with van der Waals surface area (Å²) in [5, 5.41) is 7.67. The van der Waals surface area contributed by atoms with E-state index in [2.05, 4.69) is 57.8 Å². The summed E-state index contributed by atoms with van der Waals surface area (Å²) in [5.41, 5.74) is 1.38. The lowest BCUT2D eigenvalue weighted by Gasteiger charge is -2.34. The summed E-state index contributed by atoms with van der Waals surface area (Å²) in [6.07, 6.45) is 8.24. The summed E-state index contributed by atoms with van der Waals surface area (Å²) in [7, 11) is 0. The van der Waals surface area contributed by atoms with Gasteiger partial charge in [0.2, 0.25) is 0 Å². The van der Waals surface area contributed by atoms with Crippen LogP contribution in [0.3, 0.4) is 0 Å². The van der Waals surface area contributed by atoms with Crippen molar-refractivity contribution in [1.82, 2.24) is 10.6 Å². The summed E-state index contributed by atoms with van der Waals surface area (Å²) in [4.78, 5) is 0. The third-order valence-electron chi connectivity index (χ3n) is 5.25. The van der Waals surface area contributed by atoms with Gasteiger partial charge in [0.25, 0.3) is 0 Å². The van der Waals surface area contributed by atoms with Crippen LogP contribution in [-0.4, -0.2) is 18.6 Å². The van der Waals surface area contributed by atoms with Crippen molar-refractivity contribution in [2.75, 3.05) is 6.54 Å². The van der Waals surface area contributed by atoms with Gasteiger partial charge < -0.3 is 10.6 Å². The molecule has 0 aromatic heterocycles. The summed E-state index contributed by atoms with van der Waals surface area (Å²) >= 11 is 3.58. The van der Waals surface area contributed by atoms with Crippen LogP contribution >= 0.6 is 15.9 Å². The molecule has 2 nitrogen and oxygen atoms in total. The van der Waals surface area contributed by atoms with Gasteiger partial charge in [-0.3, -0.25) is 0 Å². The summed E-state index contributed by atoms with van der Waals surface area (Å²) in [6.45, 7) is 3.51. The van der Waals surface area contributed by atoms with Crippen LogP contribution in [0.1, 0.15) is 57.1 Å². The largest absolute Gasteiger partial charge is 0.314 e. The molecule has 0 bridgehead atoms. The Morgan fingerprint density at radius 1 is 1.19 bits per heavy atom. The monoisotopic (exact) mass is 350 g/mol. The second kappa shape index (κ2) is 7.26. The molecule has 0 radical (unpaired) electrons. The van der Waals surface area contributed by atoms with E-state index in [0.29, 0.717) is 12.1 Å². The number of halogens is 1. The van der Waals surface area contributed by atoms with E-state index in [1.165, 1.54) is 55.1 Å². The van der Waals surface area contributed by atoms with E-state index in [1.54, 1.807) is 0 Å². The summed E-state index contributed by atoms with van der Waals surface area (Å²) in [5.74, 6) is 0.819. The van der Waals surface area contributed by atoms with Crippen molar-refractivity contribution in [3.63, 3.8) is 0 Å². The normalized spacial score (nSPS) is 31.2. The molecule has 21 heavy (non-hydrogen) atoms. The Kier molecular flexibility index (Phi) is 5.36. The zero-order valence-corrected chi connectivity index (χ0v) is 14.5. The Hall–Kier alpha value is -0.380. The van der Waals surface area contributed by atoms with Crippen LogP contribution < -0.4 is 10.6 Å². The smallest absolute Gasteiger partial charge is 0.0294 e. The van der Waals surface area contributed by atoms with Gasteiger partial charge in [-0.1, -0.05) is 40.9 Å². The standard InChI is InChI=1S/C18H27BrN2/c1-13(14-6-4-7-15(19)12-14)21-18-10-5-8-16(18)17-9-2-3-11-20-17/h4,6-7,12-13,16-18,20-21H,2-3,5,8-11H2,1H3. The number of hydrogen-bond acceptors (Lipinski definition) is 2. The molecule has 1 aliphatic carbocycles. The first-order valence-electron chi connectivity index (χ1n) is 8.49. The highest BCUT2D eigenvalue weighted by Gasteiger charge is 2.34. The molecule has 4 atom stereocenters. The molecular formula is C18H27BrN2. The lowest BCUT2D eigenvalue weighted by molar-refractivity contribution is 0.248. The van der Waals surface area contributed by atoms with Crippen molar-refractivity contribution in [2.24, 2.45) is 5.92 Å². The molecule has 0 amide bonds. The second-order valence-electron chi connectivity index (χ2n) is 6.70. The Labute approximate surface area is 137 Å². The Bertz CT molecular complexity index is 456. The molecule has 1 saturated heterocycles. The predicted molar refractivity (Wildman–Crippen MR) is 92.5 cm³/mol. The van der Waals surface area contributed by atoms with Gasteiger partial charge in [0.1, 0.15) is 0 Å². The fourth-order valence-electron chi connectivity index (χ4n) is 4.11. The summed E-state index contributed by atoms with van der Waals surface area (Å²) in [6, 6.07) is 10.5. The quantitative estimate of drug-likeness (QED) is 0.840. The zero-order valence-electron chi connectivity index (χ0n) is 12.9. The van der Waals surface area contributed by atoms with Crippen molar-refractivity contribution < 1.29 is 0 Å². The van der Waals surface area contributed by atoms with Gasteiger partial charge >= 0.3 is 0 Å². The zero-order chi connectivity index (χ0) is 14.7. The van der Waals surface area contributed by atoms with Crippen LogP contribution in [0, 0.1) is 5.92 Å². The van der Waals surface area contributed by atoms with Crippen LogP contribution in [0.15, 0.2) is 28.7 Å². The summed E-state index contributed by atoms with van der Waals surface area (Å²) < 4.78 is 1.17. The van der Waals surface area contributed by atoms with E-state index in [0.717, 1.165) is 12.0 Å². The molecule has 1 heterocycles. The van der Waals surface area contributed by atoms with Crippen LogP contribution in [0.25, 0.3) is 0 Å². The molecule has 116 valence electrons. The molecule has 2 N–H and O–H groups in total. The van der Waals surface area contributed by atoms with Crippen molar-refractivity contribution in [1.29, 1.82) is 0 Å². The highest BCUT2D eigenvalue weighted by Crippen LogP contribution is 2.33. The highest BCUT2D eigenvalue weighted by molar-refractivity contribution is 9.10. The first-order valence-corrected chi connectivity index (χ1v) is 9.28. The van der Waals surface area contributed by atoms with Crippen molar-refractivity contribution in [2.45, 2.75) is 63.6 Å². The average molecular weight is 351 g/mol. The van der Waals surface area contributed by atoms with E-state index < -0.39 is 0 Å². The minimum atomic E-state index is 0.427. The van der Waals surface area contributed by atoms with E-state index in [-0.39, 0.29) is 0 Å². The topological polar surface area (TPSA) is 24.1 Å². The molecule has 1 aromatic carbocycles. The van der Waals surface area contributed by atoms with Crippen molar-refractivity contribution in [3.8, 4) is 0 Å². The van der Waals surface area contributed by atoms with Gasteiger partial charge in [-0.25, -0.2) is 0 Å². The maximum Gasteiger partial charge on any atom is 0.0294 e. The van der Waals surface area contributed by atoms with Gasteiger partial charge in [-0.2, -0.15) is 0 Å². The lowest BCUT2D eigenvalue weighted by atomic mass is 9.88. The minimum absolute atomic E-state index is 0.427. The van der Waals surface area contributed by atoms with E-state index in [9.17, 15) is 0 Å². The fraction of sp³-hybridized carbons (Fsp3) is 0.667. The number of nitrogens with one attached hydrogen (secondary N) is 2. The molecule has 1 saturated carbocycles. The highest BCUT2D eigenvalue weighted by atomic mass is 79.9. The first kappa shape index (κ1) is 15.5. The van der Waals surface area contributed by atoms with Gasteiger partial charge in [0.15, 0.2) is 0 Å². The Balaban J connectivity index is 1.62. The number of rotatable bonds is 4. The molecular weight excluding hydrogens is 324 g/mol. The maximum absolute atomic E-state index is 3.91. The molecule has 4 unspecified atom stereocenters. The molecule has 3 heteroatoms. The van der Waals surface area contributed by atoms with Crippen LogP contribution in [0.5, 0.6) is 0 Å². The van der Waals surface area contributed by atoms with Gasteiger partial charge in [0.05, 0.1) is 0 Å². The van der Waals surface area contributed by atoms with Crippen molar-refractivity contribution >= 4 is 15.9 Å². The third-order valence-corrected chi connectivity index (χ3v) is 5.74. The average Bonchev–Trinajstić information content (AvgIpc) is 2.96. The van der Waals surface area contributed by atoms with Gasteiger partial charge in [-0.15, -0.1) is 0 Å². The number of hydrogen-bond donors (Lipinski definition) is 2. The number of benzene rings is 1. The number of piperidine rings is 1. The maximum atomic E-state index is 3.91. The molecule has 1 aromatic rings. The molecule has 3 rings (SSSR count). The van der Waals surface area contributed by atoms with Crippen LogP contribution in [0.2, 0.25) is 0 Å². The van der Waals surface area contributed by atoms with Crippen LogP contribution in [0.4, 0.5) is 0 Å². The molecule has 2 fully saturated rings. The van der Waals surface area contributed by atoms with E-state index in [4.69, 9.17) is 0 Å². The SMILES string of the molecule is CC(NC1CCCC1C1CCCCN1)c1cccc(Br)c1. The third kappa shape index (κ3) is 3.88. The first-order chi connectivity index (χ1) is 10.2. The fourth-order valence-corrected chi connectivity index (χ4v) is 4.53. The second-order valence-corrected chi connectivity index (χ2v) is 7.62. The molecule has 1 aliphatic heterocycles. The predicted octanol–water partition coefficient (Wildman–Crippen LogP) is 4.41. The van der Waals surface area contributed by atoms with Crippen LogP contribution in [-0.2, 0) is 0 Å². The Morgan fingerprint density at radius 3 is 2.86 bits per heavy atom. The Morgan fingerprint density at radius 2 is 2.10 bits per heavy atom. The molecule has 0 spiro atoms. The molecule has 2 aliphatic rings. The van der Waals surface area contributed by atoms with Gasteiger partial charge in [0, 0.05) is 22.6 Å². The van der Waals surface area contributed by atoms with E-state index >= 15 is 0 Å². The van der Waals surface area contributed by atoms with Gasteiger partial charge in [-0.05, 0) is 62.8 Å². The van der Waals surface area contributed by atoms with E-state index in [1.807, 2.05) is 0 Å². The minimum Gasteiger partial charge on any atom is -0.314 e. The van der Waals surface area contributed by atoms with Crippen molar-refractivity contribution in [3.05, 3.63) is 34.3 Å². The lowest BCUT2D eigenvalue weighted by Crippen LogP contribution is -2.47.